The summed E-state index contributed by atoms with van der Waals surface area (Å²) in [5.41, 5.74) is 8.45. The third-order valence-corrected chi connectivity index (χ3v) is 4.15. The molecule has 3 rings (SSSR count). The molecule has 1 N–H and O–H groups in total. The van der Waals surface area contributed by atoms with E-state index < -0.39 is 11.6 Å². The van der Waals surface area contributed by atoms with E-state index in [0.717, 1.165) is 10.0 Å². The smallest absolute Gasteiger partial charge is 0.275 e. The number of azide groups is 1. The maximum atomic E-state index is 12.5. The molecule has 0 radical (unpaired) electrons. The average molecular weight is 394 g/mol. The summed E-state index contributed by atoms with van der Waals surface area (Å²) in [5.74, 6) is -0.133. The minimum atomic E-state index is -1.68. The number of nitrogens with zero attached hydrogens (tertiary/aromatic N) is 3. The van der Waals surface area contributed by atoms with E-state index in [-0.39, 0.29) is 6.42 Å². The number of halogens is 2. The number of rotatable bonds is 3. The highest BCUT2D eigenvalue weighted by molar-refractivity contribution is 9.10. The number of carbonyl (C=O) groups is 1. The first-order valence-electron chi connectivity index (χ1n) is 6.63. The van der Waals surface area contributed by atoms with Crippen LogP contribution in [0.5, 0.6) is 5.75 Å². The van der Waals surface area contributed by atoms with Gasteiger partial charge in [-0.15, -0.1) is 0 Å². The monoisotopic (exact) mass is 392 g/mol. The van der Waals surface area contributed by atoms with Gasteiger partial charge in [0, 0.05) is 20.8 Å². The molecule has 0 aliphatic carbocycles. The van der Waals surface area contributed by atoms with Gasteiger partial charge >= 0.3 is 0 Å². The average Bonchev–Trinajstić information content (AvgIpc) is 2.51. The lowest BCUT2D eigenvalue weighted by atomic mass is 10.0. The molecule has 0 aromatic heterocycles. The molecule has 1 unspecified atom stereocenters. The number of fused-ring (bicyclic) bond motifs is 1. The molecular formula is C15H10BrClN4O2. The summed E-state index contributed by atoms with van der Waals surface area (Å²) in [6, 6.07) is 12.2. The number of nitrogens with one attached hydrogen (secondary N) is 1. The Labute approximate surface area is 145 Å². The van der Waals surface area contributed by atoms with E-state index in [4.69, 9.17) is 21.9 Å². The van der Waals surface area contributed by atoms with E-state index in [0.29, 0.717) is 16.5 Å². The van der Waals surface area contributed by atoms with Crippen molar-refractivity contribution in [1.82, 2.24) is 0 Å². The highest BCUT2D eigenvalue weighted by atomic mass is 79.9. The first-order chi connectivity index (χ1) is 11.0. The van der Waals surface area contributed by atoms with Gasteiger partial charge in [-0.2, -0.15) is 0 Å². The first kappa shape index (κ1) is 15.7. The Morgan fingerprint density at radius 2 is 2.04 bits per heavy atom. The van der Waals surface area contributed by atoms with Crippen molar-refractivity contribution in [2.45, 2.75) is 12.1 Å². The summed E-state index contributed by atoms with van der Waals surface area (Å²) in [5, 5.41) is 6.79. The lowest BCUT2D eigenvalue weighted by molar-refractivity contribution is -0.131. The van der Waals surface area contributed by atoms with Crippen LogP contribution in [0.3, 0.4) is 0 Å². The molecular weight excluding hydrogens is 384 g/mol. The summed E-state index contributed by atoms with van der Waals surface area (Å²) < 4.78 is 6.67. The molecule has 8 heteroatoms. The minimum absolute atomic E-state index is 0.109. The lowest BCUT2D eigenvalue weighted by Gasteiger charge is -2.34. The summed E-state index contributed by atoms with van der Waals surface area (Å²) in [7, 11) is 0. The zero-order valence-electron chi connectivity index (χ0n) is 11.7. The second-order valence-corrected chi connectivity index (χ2v) is 6.33. The van der Waals surface area contributed by atoms with Crippen molar-refractivity contribution in [2.24, 2.45) is 5.11 Å². The van der Waals surface area contributed by atoms with Gasteiger partial charge in [0.25, 0.3) is 11.6 Å². The Balaban J connectivity index is 2.00. The van der Waals surface area contributed by atoms with Crippen molar-refractivity contribution < 1.29 is 9.53 Å². The van der Waals surface area contributed by atoms with Crippen LogP contribution in [0.2, 0.25) is 5.02 Å². The topological polar surface area (TPSA) is 87.1 Å². The molecule has 1 aliphatic heterocycles. The molecule has 1 aliphatic rings. The third-order valence-electron chi connectivity index (χ3n) is 3.39. The van der Waals surface area contributed by atoms with Gasteiger partial charge in [-0.25, -0.2) is 0 Å². The zero-order valence-corrected chi connectivity index (χ0v) is 14.0. The van der Waals surface area contributed by atoms with Crippen molar-refractivity contribution in [3.8, 4) is 5.75 Å². The van der Waals surface area contributed by atoms with E-state index in [2.05, 4.69) is 31.3 Å². The van der Waals surface area contributed by atoms with E-state index in [1.807, 2.05) is 24.3 Å². The molecule has 6 nitrogen and oxygen atoms in total. The Morgan fingerprint density at radius 1 is 1.30 bits per heavy atom. The number of anilines is 1. The van der Waals surface area contributed by atoms with Crippen LogP contribution in [-0.4, -0.2) is 11.6 Å². The van der Waals surface area contributed by atoms with Gasteiger partial charge in [-0.1, -0.05) is 39.7 Å². The van der Waals surface area contributed by atoms with Crippen molar-refractivity contribution in [2.75, 3.05) is 5.32 Å². The van der Waals surface area contributed by atoms with Crippen molar-refractivity contribution in [3.05, 3.63) is 68.0 Å². The second-order valence-electron chi connectivity index (χ2n) is 4.97. The molecule has 23 heavy (non-hydrogen) atoms. The van der Waals surface area contributed by atoms with Crippen molar-refractivity contribution >= 4 is 39.1 Å². The maximum absolute atomic E-state index is 12.5. The van der Waals surface area contributed by atoms with Crippen molar-refractivity contribution in [3.63, 3.8) is 0 Å². The molecule has 116 valence electrons. The fraction of sp³-hybridized carbons (Fsp3) is 0.133. The summed E-state index contributed by atoms with van der Waals surface area (Å²) >= 11 is 9.26. The van der Waals surface area contributed by atoms with Crippen LogP contribution in [0, 0.1) is 0 Å². The SMILES string of the molecule is [N-]=[N+]=NC1(Cc2ccc(Br)cc2)Oc2ccc(Cl)cc2NC1=O. The summed E-state index contributed by atoms with van der Waals surface area (Å²) in [6.07, 6.45) is 0.109. The fourth-order valence-electron chi connectivity index (χ4n) is 2.31. The van der Waals surface area contributed by atoms with Gasteiger partial charge in [0.1, 0.15) is 5.75 Å². The molecule has 1 atom stereocenters. The number of hydrogen-bond acceptors (Lipinski definition) is 3. The van der Waals surface area contributed by atoms with Crippen LogP contribution < -0.4 is 10.1 Å². The number of carbonyl (C=O) groups excluding carboxylic acids is 1. The maximum Gasteiger partial charge on any atom is 0.275 e. The van der Waals surface area contributed by atoms with Crippen LogP contribution in [0.15, 0.2) is 52.1 Å². The predicted molar refractivity (Wildman–Crippen MR) is 90.4 cm³/mol. The highest BCUT2D eigenvalue weighted by Crippen LogP contribution is 2.37. The summed E-state index contributed by atoms with van der Waals surface area (Å²) in [4.78, 5) is 15.3. The number of ether oxygens (including phenoxy) is 1. The van der Waals surface area contributed by atoms with E-state index in [9.17, 15) is 4.79 Å². The first-order valence-corrected chi connectivity index (χ1v) is 7.80. The zero-order chi connectivity index (χ0) is 16.4. The van der Waals surface area contributed by atoms with Crippen molar-refractivity contribution in [1.29, 1.82) is 0 Å². The van der Waals surface area contributed by atoms with E-state index in [1.54, 1.807) is 18.2 Å². The van der Waals surface area contributed by atoms with Crippen LogP contribution in [0.1, 0.15) is 5.56 Å². The molecule has 0 saturated carbocycles. The predicted octanol–water partition coefficient (Wildman–Crippen LogP) is 4.68. The molecule has 0 fully saturated rings. The van der Waals surface area contributed by atoms with Gasteiger partial charge in [0.15, 0.2) is 0 Å². The van der Waals surface area contributed by atoms with Gasteiger partial charge < -0.3 is 10.1 Å². The fourth-order valence-corrected chi connectivity index (χ4v) is 2.74. The Hall–Kier alpha value is -2.21. The molecule has 1 amide bonds. The van der Waals surface area contributed by atoms with Crippen LogP contribution in [0.25, 0.3) is 10.4 Å². The molecule has 0 spiro atoms. The van der Waals surface area contributed by atoms with Crippen LogP contribution >= 0.6 is 27.5 Å². The van der Waals surface area contributed by atoms with E-state index in [1.165, 1.54) is 0 Å². The van der Waals surface area contributed by atoms with Gasteiger partial charge in [-0.05, 0) is 46.5 Å². The molecule has 0 bridgehead atoms. The van der Waals surface area contributed by atoms with Crippen LogP contribution in [0.4, 0.5) is 5.69 Å². The van der Waals surface area contributed by atoms with Gasteiger partial charge in [0.05, 0.1) is 5.69 Å². The minimum Gasteiger partial charge on any atom is -0.469 e. The normalized spacial score (nSPS) is 19.1. The Kier molecular flexibility index (Phi) is 4.17. The third kappa shape index (κ3) is 3.12. The summed E-state index contributed by atoms with van der Waals surface area (Å²) in [6.45, 7) is 0. The van der Waals surface area contributed by atoms with E-state index >= 15 is 0 Å². The highest BCUT2D eigenvalue weighted by Gasteiger charge is 2.44. The largest absolute Gasteiger partial charge is 0.469 e. The van der Waals surface area contributed by atoms with Gasteiger partial charge in [-0.3, -0.25) is 4.79 Å². The molecule has 2 aromatic rings. The molecule has 1 heterocycles. The standard InChI is InChI=1S/C15H10BrClN4O2/c16-10-3-1-9(2-4-10)8-15(20-21-18)14(22)19-12-7-11(17)5-6-13(12)23-15/h1-7H,8H2,(H,19,22). The lowest BCUT2D eigenvalue weighted by Crippen LogP contribution is -2.50. The Bertz CT molecular complexity index is 821. The second kappa shape index (κ2) is 6.12. The number of hydrogen-bond donors (Lipinski definition) is 1. The van der Waals surface area contributed by atoms with Crippen LogP contribution in [-0.2, 0) is 11.2 Å². The quantitative estimate of drug-likeness (QED) is 0.466. The molecule has 2 aromatic carbocycles. The number of benzene rings is 2. The number of amides is 1. The van der Waals surface area contributed by atoms with Gasteiger partial charge in [0.2, 0.25) is 0 Å². The Morgan fingerprint density at radius 3 is 2.74 bits per heavy atom. The molecule has 0 saturated heterocycles.